The van der Waals surface area contributed by atoms with Crippen LogP contribution >= 0.6 is 11.8 Å². The molecule has 0 saturated carbocycles. The molecule has 0 aliphatic carbocycles. The maximum atomic E-state index is 5.54. The standard InChI is InChI=1S/C15H23NO2S/c1-17-13-10-15(19-3)14(18-2)9-12(13)8-11-4-6-16-7-5-11/h9-11,16H,4-8H2,1-3H3. The van der Waals surface area contributed by atoms with Crippen molar-refractivity contribution in [3.05, 3.63) is 17.7 Å². The van der Waals surface area contributed by atoms with Crippen LogP contribution in [0.1, 0.15) is 18.4 Å². The Hall–Kier alpha value is -0.870. The second-order valence-corrected chi connectivity index (χ2v) is 5.76. The van der Waals surface area contributed by atoms with E-state index in [1.165, 1.54) is 18.4 Å². The van der Waals surface area contributed by atoms with E-state index < -0.39 is 0 Å². The highest BCUT2D eigenvalue weighted by molar-refractivity contribution is 7.98. The average Bonchev–Trinajstić information content (AvgIpc) is 2.47. The summed E-state index contributed by atoms with van der Waals surface area (Å²) in [4.78, 5) is 1.13. The van der Waals surface area contributed by atoms with Gasteiger partial charge in [0.15, 0.2) is 0 Å². The van der Waals surface area contributed by atoms with Crippen molar-refractivity contribution < 1.29 is 9.47 Å². The lowest BCUT2D eigenvalue weighted by atomic mass is 9.90. The molecule has 0 bridgehead atoms. The molecule has 0 atom stereocenters. The van der Waals surface area contributed by atoms with Gasteiger partial charge in [-0.2, -0.15) is 0 Å². The van der Waals surface area contributed by atoms with Crippen LogP contribution in [-0.4, -0.2) is 33.6 Å². The highest BCUT2D eigenvalue weighted by Gasteiger charge is 2.17. The van der Waals surface area contributed by atoms with Crippen LogP contribution in [0.15, 0.2) is 17.0 Å². The Morgan fingerprint density at radius 2 is 1.84 bits per heavy atom. The molecule has 4 heteroatoms. The monoisotopic (exact) mass is 281 g/mol. The molecule has 1 heterocycles. The summed E-state index contributed by atoms with van der Waals surface area (Å²) < 4.78 is 11.0. The van der Waals surface area contributed by atoms with Gasteiger partial charge in [0, 0.05) is 0 Å². The lowest BCUT2D eigenvalue weighted by molar-refractivity contribution is 0.357. The van der Waals surface area contributed by atoms with Crippen molar-refractivity contribution in [1.82, 2.24) is 5.32 Å². The molecular weight excluding hydrogens is 258 g/mol. The highest BCUT2D eigenvalue weighted by Crippen LogP contribution is 2.36. The van der Waals surface area contributed by atoms with Crippen molar-refractivity contribution >= 4 is 11.8 Å². The highest BCUT2D eigenvalue weighted by atomic mass is 32.2. The van der Waals surface area contributed by atoms with Gasteiger partial charge in [-0.25, -0.2) is 0 Å². The van der Waals surface area contributed by atoms with Gasteiger partial charge in [0.1, 0.15) is 11.5 Å². The van der Waals surface area contributed by atoms with Crippen molar-refractivity contribution in [2.75, 3.05) is 33.6 Å². The molecule has 0 aromatic heterocycles. The zero-order chi connectivity index (χ0) is 13.7. The van der Waals surface area contributed by atoms with E-state index in [4.69, 9.17) is 9.47 Å². The number of nitrogens with one attached hydrogen (secondary N) is 1. The molecule has 1 fully saturated rings. The summed E-state index contributed by atoms with van der Waals surface area (Å²) in [7, 11) is 3.48. The molecule has 1 aliphatic rings. The molecule has 1 aromatic rings. The van der Waals surface area contributed by atoms with Gasteiger partial charge in [-0.15, -0.1) is 11.8 Å². The summed E-state index contributed by atoms with van der Waals surface area (Å²) in [6.45, 7) is 2.26. The Morgan fingerprint density at radius 1 is 1.16 bits per heavy atom. The quantitative estimate of drug-likeness (QED) is 0.841. The van der Waals surface area contributed by atoms with E-state index in [2.05, 4.69) is 23.7 Å². The van der Waals surface area contributed by atoms with Crippen molar-refractivity contribution in [2.24, 2.45) is 5.92 Å². The van der Waals surface area contributed by atoms with E-state index in [0.717, 1.165) is 41.8 Å². The molecule has 0 spiro atoms. The molecule has 3 nitrogen and oxygen atoms in total. The number of rotatable bonds is 5. The predicted molar refractivity (Wildman–Crippen MR) is 80.6 cm³/mol. The number of piperidine rings is 1. The summed E-state index contributed by atoms with van der Waals surface area (Å²) in [5.41, 5.74) is 1.27. The van der Waals surface area contributed by atoms with Gasteiger partial charge < -0.3 is 14.8 Å². The predicted octanol–water partition coefficient (Wildman–Crippen LogP) is 2.97. The number of methoxy groups -OCH3 is 2. The summed E-state index contributed by atoms with van der Waals surface area (Å²) >= 11 is 1.69. The first kappa shape index (κ1) is 14.5. The topological polar surface area (TPSA) is 30.5 Å². The third-order valence-corrected chi connectivity index (χ3v) is 4.51. The Kier molecular flexibility index (Phi) is 5.40. The maximum absolute atomic E-state index is 5.54. The number of ether oxygens (including phenoxy) is 2. The number of hydrogen-bond acceptors (Lipinski definition) is 4. The minimum atomic E-state index is 0.750. The van der Waals surface area contributed by atoms with E-state index in [9.17, 15) is 0 Å². The third-order valence-electron chi connectivity index (χ3n) is 3.75. The first-order valence-corrected chi connectivity index (χ1v) is 8.00. The van der Waals surface area contributed by atoms with Crippen LogP contribution in [-0.2, 0) is 6.42 Å². The fourth-order valence-corrected chi connectivity index (χ4v) is 3.22. The molecule has 19 heavy (non-hydrogen) atoms. The van der Waals surface area contributed by atoms with Crippen LogP contribution in [0.4, 0.5) is 0 Å². The molecule has 0 amide bonds. The molecule has 1 saturated heterocycles. The van der Waals surface area contributed by atoms with Crippen LogP contribution < -0.4 is 14.8 Å². The smallest absolute Gasteiger partial charge is 0.132 e. The fourth-order valence-electron chi connectivity index (χ4n) is 2.65. The van der Waals surface area contributed by atoms with Gasteiger partial charge in [-0.1, -0.05) is 0 Å². The molecule has 0 unspecified atom stereocenters. The van der Waals surface area contributed by atoms with Gasteiger partial charge in [0.2, 0.25) is 0 Å². The fraction of sp³-hybridized carbons (Fsp3) is 0.600. The molecule has 1 aromatic carbocycles. The minimum Gasteiger partial charge on any atom is -0.496 e. The van der Waals surface area contributed by atoms with Crippen molar-refractivity contribution in [3.63, 3.8) is 0 Å². The third kappa shape index (κ3) is 3.57. The molecule has 1 aliphatic heterocycles. The number of thioether (sulfide) groups is 1. The van der Waals surface area contributed by atoms with Crippen molar-refractivity contribution in [1.29, 1.82) is 0 Å². The van der Waals surface area contributed by atoms with E-state index in [1.54, 1.807) is 26.0 Å². The molecule has 2 rings (SSSR count). The Morgan fingerprint density at radius 3 is 2.42 bits per heavy atom. The van der Waals surface area contributed by atoms with Gasteiger partial charge in [0.05, 0.1) is 19.1 Å². The van der Waals surface area contributed by atoms with E-state index in [0.29, 0.717) is 0 Å². The molecule has 0 radical (unpaired) electrons. The number of hydrogen-bond donors (Lipinski definition) is 1. The van der Waals surface area contributed by atoms with Crippen LogP contribution in [0.2, 0.25) is 0 Å². The van der Waals surface area contributed by atoms with Crippen molar-refractivity contribution in [2.45, 2.75) is 24.2 Å². The first-order valence-electron chi connectivity index (χ1n) is 6.78. The van der Waals surface area contributed by atoms with Crippen molar-refractivity contribution in [3.8, 4) is 11.5 Å². The lowest BCUT2D eigenvalue weighted by Crippen LogP contribution is -2.28. The molecular formula is C15H23NO2S. The second kappa shape index (κ2) is 7.06. The van der Waals surface area contributed by atoms with Gasteiger partial charge in [0.25, 0.3) is 0 Å². The SMILES string of the molecule is COc1cc(SC)c(OC)cc1CC1CCNCC1. The summed E-state index contributed by atoms with van der Waals surface area (Å²) in [5, 5.41) is 3.41. The lowest BCUT2D eigenvalue weighted by Gasteiger charge is -2.24. The van der Waals surface area contributed by atoms with Gasteiger partial charge >= 0.3 is 0 Å². The van der Waals surface area contributed by atoms with Crippen LogP contribution in [0.5, 0.6) is 11.5 Å². The van der Waals surface area contributed by atoms with Gasteiger partial charge in [-0.05, 0) is 62.2 Å². The zero-order valence-electron chi connectivity index (χ0n) is 12.0. The normalized spacial score (nSPS) is 16.4. The van der Waals surface area contributed by atoms with E-state index in [1.807, 2.05) is 0 Å². The first-order chi connectivity index (χ1) is 9.28. The summed E-state index contributed by atoms with van der Waals surface area (Å²) in [5.74, 6) is 2.70. The zero-order valence-corrected chi connectivity index (χ0v) is 12.8. The minimum absolute atomic E-state index is 0.750. The maximum Gasteiger partial charge on any atom is 0.132 e. The Bertz CT molecular complexity index is 417. The van der Waals surface area contributed by atoms with E-state index >= 15 is 0 Å². The Balaban J connectivity index is 2.21. The number of benzene rings is 1. The molecule has 106 valence electrons. The summed E-state index contributed by atoms with van der Waals surface area (Å²) in [6, 6.07) is 4.24. The Labute approximate surface area is 120 Å². The second-order valence-electron chi connectivity index (χ2n) is 4.92. The molecule has 1 N–H and O–H groups in total. The van der Waals surface area contributed by atoms with Crippen LogP contribution in [0.3, 0.4) is 0 Å². The average molecular weight is 281 g/mol. The van der Waals surface area contributed by atoms with Crippen LogP contribution in [0, 0.1) is 5.92 Å². The largest absolute Gasteiger partial charge is 0.496 e. The van der Waals surface area contributed by atoms with E-state index in [-0.39, 0.29) is 0 Å². The van der Waals surface area contributed by atoms with Crippen LogP contribution in [0.25, 0.3) is 0 Å². The summed E-state index contributed by atoms with van der Waals surface area (Å²) in [6.07, 6.45) is 5.63. The van der Waals surface area contributed by atoms with Gasteiger partial charge in [-0.3, -0.25) is 0 Å².